The SMILES string of the molecule is CC(C)(C)CS(=O)(=O)Nc1ccc(C=CC(=O)O)cc1F. The van der Waals surface area contributed by atoms with E-state index in [0.717, 1.165) is 12.1 Å². The maximum absolute atomic E-state index is 13.8. The molecule has 5 nitrogen and oxygen atoms in total. The van der Waals surface area contributed by atoms with E-state index in [0.29, 0.717) is 5.56 Å². The zero-order valence-corrected chi connectivity index (χ0v) is 12.9. The molecule has 0 aromatic heterocycles. The Balaban J connectivity index is 2.94. The summed E-state index contributed by atoms with van der Waals surface area (Å²) in [6.45, 7) is 5.30. The normalized spacial score (nSPS) is 12.6. The van der Waals surface area contributed by atoms with Gasteiger partial charge in [-0.15, -0.1) is 0 Å². The number of sulfonamides is 1. The van der Waals surface area contributed by atoms with Crippen molar-refractivity contribution in [2.45, 2.75) is 20.8 Å². The minimum absolute atomic E-state index is 0.139. The Hall–Kier alpha value is -1.89. The average molecular weight is 315 g/mol. The zero-order valence-electron chi connectivity index (χ0n) is 12.1. The Morgan fingerprint density at radius 3 is 2.48 bits per heavy atom. The van der Waals surface area contributed by atoms with Crippen LogP contribution in [0.4, 0.5) is 10.1 Å². The first-order valence-electron chi connectivity index (χ1n) is 6.20. The van der Waals surface area contributed by atoms with Crippen LogP contribution in [0.5, 0.6) is 0 Å². The minimum atomic E-state index is -3.66. The van der Waals surface area contributed by atoms with E-state index in [1.54, 1.807) is 20.8 Å². The lowest BCUT2D eigenvalue weighted by Gasteiger charge is -2.19. The second-order valence-corrected chi connectivity index (χ2v) is 7.55. The van der Waals surface area contributed by atoms with Crippen molar-refractivity contribution in [2.75, 3.05) is 10.5 Å². The quantitative estimate of drug-likeness (QED) is 0.818. The predicted octanol–water partition coefficient (Wildman–Crippen LogP) is 2.71. The van der Waals surface area contributed by atoms with E-state index >= 15 is 0 Å². The van der Waals surface area contributed by atoms with Gasteiger partial charge in [-0.1, -0.05) is 26.8 Å². The van der Waals surface area contributed by atoms with Crippen molar-refractivity contribution in [3.63, 3.8) is 0 Å². The fourth-order valence-electron chi connectivity index (χ4n) is 1.66. The highest BCUT2D eigenvalue weighted by Gasteiger charge is 2.22. The van der Waals surface area contributed by atoms with Crippen molar-refractivity contribution < 1.29 is 22.7 Å². The first kappa shape index (κ1) is 17.2. The van der Waals surface area contributed by atoms with E-state index in [9.17, 15) is 17.6 Å². The summed E-state index contributed by atoms with van der Waals surface area (Å²) in [6, 6.07) is 3.75. The number of hydrogen-bond acceptors (Lipinski definition) is 3. The van der Waals surface area contributed by atoms with E-state index in [2.05, 4.69) is 4.72 Å². The molecule has 7 heteroatoms. The molecule has 116 valence electrons. The Kier molecular flexibility index (Phi) is 5.11. The predicted molar refractivity (Wildman–Crippen MR) is 79.9 cm³/mol. The summed E-state index contributed by atoms with van der Waals surface area (Å²) in [5.74, 6) is -2.05. The molecule has 21 heavy (non-hydrogen) atoms. The number of carboxylic acid groups (broad SMARTS) is 1. The summed E-state index contributed by atoms with van der Waals surface area (Å²) >= 11 is 0. The van der Waals surface area contributed by atoms with E-state index in [-0.39, 0.29) is 11.4 Å². The molecular formula is C14H18FNO4S. The van der Waals surface area contributed by atoms with Crippen LogP contribution < -0.4 is 4.72 Å². The van der Waals surface area contributed by atoms with Gasteiger partial charge in [0.2, 0.25) is 10.0 Å². The summed E-state index contributed by atoms with van der Waals surface area (Å²) < 4.78 is 39.8. The molecule has 0 heterocycles. The third kappa shape index (κ3) is 6.40. The molecule has 1 aromatic rings. The molecule has 0 amide bonds. The van der Waals surface area contributed by atoms with Crippen LogP contribution in [0.15, 0.2) is 24.3 Å². The molecular weight excluding hydrogens is 297 g/mol. The Labute approximate surface area is 123 Å². The van der Waals surface area contributed by atoms with Gasteiger partial charge in [0.25, 0.3) is 0 Å². The minimum Gasteiger partial charge on any atom is -0.478 e. The number of nitrogens with one attached hydrogen (secondary N) is 1. The van der Waals surface area contributed by atoms with Crippen molar-refractivity contribution in [2.24, 2.45) is 5.41 Å². The van der Waals surface area contributed by atoms with Gasteiger partial charge in [0, 0.05) is 6.08 Å². The van der Waals surface area contributed by atoms with Gasteiger partial charge in [-0.25, -0.2) is 17.6 Å². The monoisotopic (exact) mass is 315 g/mol. The summed E-state index contributed by atoms with van der Waals surface area (Å²) in [5.41, 5.74) is -0.285. The van der Waals surface area contributed by atoms with Crippen LogP contribution in [0.3, 0.4) is 0 Å². The summed E-state index contributed by atoms with van der Waals surface area (Å²) in [5, 5.41) is 8.49. The highest BCUT2D eigenvalue weighted by atomic mass is 32.2. The molecule has 0 saturated heterocycles. The second kappa shape index (κ2) is 6.26. The van der Waals surface area contributed by atoms with Crippen molar-refractivity contribution in [1.82, 2.24) is 0 Å². The topological polar surface area (TPSA) is 83.5 Å². The number of carboxylic acids is 1. The molecule has 0 bridgehead atoms. The molecule has 0 saturated carbocycles. The van der Waals surface area contributed by atoms with E-state index in [1.165, 1.54) is 18.2 Å². The van der Waals surface area contributed by atoms with Gasteiger partial charge in [-0.3, -0.25) is 4.72 Å². The van der Waals surface area contributed by atoms with Crippen LogP contribution in [-0.4, -0.2) is 25.2 Å². The van der Waals surface area contributed by atoms with Crippen LogP contribution in [-0.2, 0) is 14.8 Å². The maximum Gasteiger partial charge on any atom is 0.328 e. The molecule has 0 radical (unpaired) electrons. The van der Waals surface area contributed by atoms with E-state index < -0.39 is 27.2 Å². The lowest BCUT2D eigenvalue weighted by molar-refractivity contribution is -0.131. The fraction of sp³-hybridized carbons (Fsp3) is 0.357. The number of hydrogen-bond donors (Lipinski definition) is 2. The van der Waals surface area contributed by atoms with Gasteiger partial charge in [-0.2, -0.15) is 0 Å². The standard InChI is InChI=1S/C14H18FNO4S/c1-14(2,3)9-21(19,20)16-12-6-4-10(8-11(12)15)5-7-13(17)18/h4-8,16H,9H2,1-3H3,(H,17,18). The summed E-state index contributed by atoms with van der Waals surface area (Å²) in [6.07, 6.45) is 2.09. The van der Waals surface area contributed by atoms with Crippen LogP contribution in [0.25, 0.3) is 6.08 Å². The van der Waals surface area contributed by atoms with Crippen LogP contribution in [0.1, 0.15) is 26.3 Å². The largest absolute Gasteiger partial charge is 0.478 e. The second-order valence-electron chi connectivity index (χ2n) is 5.83. The molecule has 0 aliphatic rings. The van der Waals surface area contributed by atoms with Gasteiger partial charge in [0.05, 0.1) is 11.4 Å². The van der Waals surface area contributed by atoms with Crippen LogP contribution in [0, 0.1) is 11.2 Å². The number of rotatable bonds is 5. The Bertz CT molecular complexity index is 660. The molecule has 0 atom stereocenters. The van der Waals surface area contributed by atoms with Gasteiger partial charge in [-0.05, 0) is 29.2 Å². The lowest BCUT2D eigenvalue weighted by atomic mass is 10.0. The van der Waals surface area contributed by atoms with Crippen LogP contribution in [0.2, 0.25) is 0 Å². The first-order valence-corrected chi connectivity index (χ1v) is 7.85. The zero-order chi connectivity index (χ0) is 16.3. The van der Waals surface area contributed by atoms with Crippen molar-refractivity contribution in [1.29, 1.82) is 0 Å². The van der Waals surface area contributed by atoms with Gasteiger partial charge < -0.3 is 5.11 Å². The Morgan fingerprint density at radius 1 is 1.38 bits per heavy atom. The van der Waals surface area contributed by atoms with Crippen molar-refractivity contribution >= 4 is 27.8 Å². The highest BCUT2D eigenvalue weighted by molar-refractivity contribution is 7.92. The molecule has 1 rings (SSSR count). The van der Waals surface area contributed by atoms with Gasteiger partial charge in [0.1, 0.15) is 5.82 Å². The smallest absolute Gasteiger partial charge is 0.328 e. The summed E-state index contributed by atoms with van der Waals surface area (Å²) in [4.78, 5) is 10.4. The van der Waals surface area contributed by atoms with Crippen LogP contribution >= 0.6 is 0 Å². The molecule has 0 aliphatic heterocycles. The molecule has 1 aromatic carbocycles. The highest BCUT2D eigenvalue weighted by Crippen LogP contribution is 2.21. The summed E-state index contributed by atoms with van der Waals surface area (Å²) in [7, 11) is -3.66. The molecule has 2 N–H and O–H groups in total. The molecule has 0 spiro atoms. The number of carbonyl (C=O) groups is 1. The van der Waals surface area contributed by atoms with Gasteiger partial charge in [0.15, 0.2) is 0 Å². The van der Waals surface area contributed by atoms with Crippen molar-refractivity contribution in [3.8, 4) is 0 Å². The molecule has 0 aliphatic carbocycles. The molecule has 0 fully saturated rings. The maximum atomic E-state index is 13.8. The molecule has 0 unspecified atom stereocenters. The number of halogens is 1. The average Bonchev–Trinajstić information content (AvgIpc) is 2.26. The van der Waals surface area contributed by atoms with E-state index in [4.69, 9.17) is 5.11 Å². The van der Waals surface area contributed by atoms with Crippen molar-refractivity contribution in [3.05, 3.63) is 35.7 Å². The third-order valence-electron chi connectivity index (χ3n) is 2.30. The van der Waals surface area contributed by atoms with E-state index in [1.807, 2.05) is 0 Å². The number of benzene rings is 1. The Morgan fingerprint density at radius 2 is 2.00 bits per heavy atom. The number of anilines is 1. The fourth-order valence-corrected chi connectivity index (χ4v) is 3.37. The first-order chi connectivity index (χ1) is 9.48. The van der Waals surface area contributed by atoms with Gasteiger partial charge >= 0.3 is 5.97 Å². The number of aliphatic carboxylic acids is 1. The third-order valence-corrected chi connectivity index (χ3v) is 4.08. The lowest BCUT2D eigenvalue weighted by Crippen LogP contribution is -2.26.